The topological polar surface area (TPSA) is 56.1 Å². The van der Waals surface area contributed by atoms with Crippen molar-refractivity contribution < 1.29 is 9.53 Å². The highest BCUT2D eigenvalue weighted by atomic mass is 35.5. The maximum Gasteiger partial charge on any atom is 0.244 e. The Morgan fingerprint density at radius 1 is 1.31 bits per heavy atom. The van der Waals surface area contributed by atoms with Crippen LogP contribution in [0, 0.1) is 6.92 Å². The number of fused-ring (bicyclic) bond motifs is 1. The minimum Gasteiger partial charge on any atom is -0.496 e. The predicted octanol–water partition coefficient (Wildman–Crippen LogP) is 3.84. The van der Waals surface area contributed by atoms with Crippen molar-refractivity contribution in [1.29, 1.82) is 0 Å². The van der Waals surface area contributed by atoms with Gasteiger partial charge in [0.15, 0.2) is 0 Å². The first-order valence-corrected chi connectivity index (χ1v) is 8.67. The summed E-state index contributed by atoms with van der Waals surface area (Å²) >= 11 is 5.99. The van der Waals surface area contributed by atoms with Crippen molar-refractivity contribution in [1.82, 2.24) is 14.9 Å². The fourth-order valence-corrected chi connectivity index (χ4v) is 3.01. The molecule has 0 atom stereocenters. The number of aromatic nitrogens is 2. The lowest BCUT2D eigenvalue weighted by Gasteiger charge is -2.08. The number of hydrogen-bond donors (Lipinski definition) is 1. The van der Waals surface area contributed by atoms with Crippen LogP contribution in [0.3, 0.4) is 0 Å². The fraction of sp³-hybridized carbons (Fsp3) is 0.200. The minimum absolute atomic E-state index is 0.172. The second kappa shape index (κ2) is 8.06. The molecule has 3 rings (SSSR count). The molecule has 0 unspecified atom stereocenters. The molecule has 0 saturated carbocycles. The number of halogens is 1. The molecule has 0 spiro atoms. The summed E-state index contributed by atoms with van der Waals surface area (Å²) in [6.07, 6.45) is 3.17. The van der Waals surface area contributed by atoms with E-state index in [9.17, 15) is 4.79 Å². The van der Waals surface area contributed by atoms with Gasteiger partial charge in [-0.05, 0) is 43.3 Å². The number of nitrogens with one attached hydrogen (secondary N) is 1. The third kappa shape index (κ3) is 4.06. The summed E-state index contributed by atoms with van der Waals surface area (Å²) in [5, 5.41) is 3.48. The first-order valence-electron chi connectivity index (χ1n) is 8.30. The average Bonchev–Trinajstić information content (AvgIpc) is 2.95. The van der Waals surface area contributed by atoms with Gasteiger partial charge in [0.2, 0.25) is 5.91 Å². The van der Waals surface area contributed by atoms with Crippen LogP contribution in [0.5, 0.6) is 5.75 Å². The van der Waals surface area contributed by atoms with Crippen LogP contribution in [0.25, 0.3) is 17.1 Å². The van der Waals surface area contributed by atoms with Crippen LogP contribution in [-0.2, 0) is 11.3 Å². The van der Waals surface area contributed by atoms with Gasteiger partial charge in [0.05, 0.1) is 18.1 Å². The predicted molar refractivity (Wildman–Crippen MR) is 105 cm³/mol. The highest BCUT2D eigenvalue weighted by Crippen LogP contribution is 2.23. The van der Waals surface area contributed by atoms with E-state index in [0.717, 1.165) is 22.4 Å². The van der Waals surface area contributed by atoms with Crippen LogP contribution in [0.1, 0.15) is 11.4 Å². The lowest BCUT2D eigenvalue weighted by Crippen LogP contribution is -2.25. The number of aryl methyl sites for hydroxylation is 1. The summed E-state index contributed by atoms with van der Waals surface area (Å²) < 4.78 is 7.36. The maximum absolute atomic E-state index is 12.1. The molecule has 2 aromatic carbocycles. The summed E-state index contributed by atoms with van der Waals surface area (Å²) in [4.78, 5) is 16.6. The van der Waals surface area contributed by atoms with Gasteiger partial charge in [0.1, 0.15) is 11.6 Å². The number of methoxy groups -OCH3 is 1. The van der Waals surface area contributed by atoms with E-state index in [1.54, 1.807) is 31.4 Å². The molecule has 1 amide bonds. The van der Waals surface area contributed by atoms with Crippen molar-refractivity contribution >= 4 is 34.6 Å². The molecule has 0 radical (unpaired) electrons. The van der Waals surface area contributed by atoms with E-state index in [4.69, 9.17) is 16.3 Å². The van der Waals surface area contributed by atoms with Gasteiger partial charge in [0, 0.05) is 29.8 Å². The van der Waals surface area contributed by atoms with Gasteiger partial charge in [-0.15, -0.1) is 0 Å². The third-order valence-electron chi connectivity index (χ3n) is 4.09. The quantitative estimate of drug-likeness (QED) is 0.672. The van der Waals surface area contributed by atoms with Crippen LogP contribution in [-0.4, -0.2) is 29.1 Å². The Bertz CT molecular complexity index is 963. The largest absolute Gasteiger partial charge is 0.496 e. The Balaban J connectivity index is 1.61. The van der Waals surface area contributed by atoms with Crippen molar-refractivity contribution in [3.05, 3.63) is 65.0 Å². The van der Waals surface area contributed by atoms with Gasteiger partial charge >= 0.3 is 0 Å². The molecule has 134 valence electrons. The number of para-hydroxylation sites is 2. The zero-order chi connectivity index (χ0) is 18.5. The third-order valence-corrected chi connectivity index (χ3v) is 4.32. The number of ether oxygens (including phenoxy) is 1. The van der Waals surface area contributed by atoms with Crippen molar-refractivity contribution in [3.63, 3.8) is 0 Å². The minimum atomic E-state index is -0.172. The highest BCUT2D eigenvalue weighted by molar-refractivity contribution is 6.30. The number of hydrogen-bond acceptors (Lipinski definition) is 3. The summed E-state index contributed by atoms with van der Waals surface area (Å²) in [7, 11) is 1.58. The fourth-order valence-electron chi connectivity index (χ4n) is 2.83. The number of rotatable bonds is 6. The van der Waals surface area contributed by atoms with Crippen LogP contribution in [0.2, 0.25) is 5.02 Å². The first-order chi connectivity index (χ1) is 12.6. The van der Waals surface area contributed by atoms with E-state index in [0.29, 0.717) is 23.9 Å². The van der Waals surface area contributed by atoms with Crippen molar-refractivity contribution in [2.24, 2.45) is 0 Å². The summed E-state index contributed by atoms with van der Waals surface area (Å²) in [5.74, 6) is 1.42. The maximum atomic E-state index is 12.1. The molecule has 5 nitrogen and oxygen atoms in total. The molecule has 3 aromatic rings. The standard InChI is InChI=1S/C20H20ClN3O2/c1-14-23-17-5-3-4-6-18(17)24(14)12-11-22-20(25)10-7-15-13-16(21)8-9-19(15)26-2/h3-10,13H,11-12H2,1-2H3,(H,22,25)/b10-7+. The molecule has 1 aromatic heterocycles. The van der Waals surface area contributed by atoms with Crippen LogP contribution in [0.4, 0.5) is 0 Å². The Labute approximate surface area is 157 Å². The molecular weight excluding hydrogens is 350 g/mol. The number of nitrogens with zero attached hydrogens (tertiary/aromatic N) is 2. The SMILES string of the molecule is COc1ccc(Cl)cc1/C=C/C(=O)NCCn1c(C)nc2ccccc21. The van der Waals surface area contributed by atoms with Gasteiger partial charge < -0.3 is 14.6 Å². The number of amides is 1. The zero-order valence-corrected chi connectivity index (χ0v) is 15.5. The Hall–Kier alpha value is -2.79. The lowest BCUT2D eigenvalue weighted by molar-refractivity contribution is -0.116. The lowest BCUT2D eigenvalue weighted by atomic mass is 10.2. The average molecular weight is 370 g/mol. The van der Waals surface area contributed by atoms with E-state index >= 15 is 0 Å². The van der Waals surface area contributed by atoms with Gasteiger partial charge in [0.25, 0.3) is 0 Å². The summed E-state index contributed by atoms with van der Waals surface area (Å²) in [5.41, 5.74) is 2.79. The summed E-state index contributed by atoms with van der Waals surface area (Å²) in [6, 6.07) is 13.2. The van der Waals surface area contributed by atoms with Crippen LogP contribution in [0.15, 0.2) is 48.5 Å². The Morgan fingerprint density at radius 3 is 2.92 bits per heavy atom. The van der Waals surface area contributed by atoms with Gasteiger partial charge in [-0.1, -0.05) is 23.7 Å². The smallest absolute Gasteiger partial charge is 0.244 e. The molecule has 26 heavy (non-hydrogen) atoms. The van der Waals surface area contributed by atoms with E-state index in [1.807, 2.05) is 31.2 Å². The van der Waals surface area contributed by atoms with Crippen molar-refractivity contribution in [3.8, 4) is 5.75 Å². The van der Waals surface area contributed by atoms with Gasteiger partial charge in [-0.25, -0.2) is 4.98 Å². The molecule has 0 saturated heterocycles. The molecule has 0 fully saturated rings. The number of carbonyl (C=O) groups is 1. The molecule has 6 heteroatoms. The molecule has 1 N–H and O–H groups in total. The van der Waals surface area contributed by atoms with Crippen molar-refractivity contribution in [2.75, 3.05) is 13.7 Å². The molecule has 0 aliphatic heterocycles. The Morgan fingerprint density at radius 2 is 2.12 bits per heavy atom. The van der Waals surface area contributed by atoms with E-state index in [1.165, 1.54) is 6.08 Å². The normalized spacial score (nSPS) is 11.2. The molecule has 0 aliphatic rings. The molecule has 0 aliphatic carbocycles. The second-order valence-electron chi connectivity index (χ2n) is 5.81. The van der Waals surface area contributed by atoms with E-state index in [2.05, 4.69) is 14.9 Å². The van der Waals surface area contributed by atoms with E-state index < -0.39 is 0 Å². The molecular formula is C20H20ClN3O2. The first kappa shape index (κ1) is 18.0. The number of benzene rings is 2. The number of imidazole rings is 1. The van der Waals surface area contributed by atoms with E-state index in [-0.39, 0.29) is 5.91 Å². The highest BCUT2D eigenvalue weighted by Gasteiger charge is 2.06. The van der Waals surface area contributed by atoms with Gasteiger partial charge in [-0.3, -0.25) is 4.79 Å². The summed E-state index contributed by atoms with van der Waals surface area (Å²) in [6.45, 7) is 3.14. The second-order valence-corrected chi connectivity index (χ2v) is 6.25. The van der Waals surface area contributed by atoms with Gasteiger partial charge in [-0.2, -0.15) is 0 Å². The monoisotopic (exact) mass is 369 g/mol. The van der Waals surface area contributed by atoms with Crippen LogP contribution < -0.4 is 10.1 Å². The number of carbonyl (C=O) groups excluding carboxylic acids is 1. The molecule has 1 heterocycles. The van der Waals surface area contributed by atoms with Crippen molar-refractivity contribution in [2.45, 2.75) is 13.5 Å². The molecule has 0 bridgehead atoms. The van der Waals surface area contributed by atoms with Crippen LogP contribution >= 0.6 is 11.6 Å². The zero-order valence-electron chi connectivity index (χ0n) is 14.7. The Kier molecular flexibility index (Phi) is 5.58.